The molecule has 0 saturated carbocycles. The number of fused-ring (bicyclic) bond motifs is 1. The summed E-state index contributed by atoms with van der Waals surface area (Å²) >= 11 is 0. The van der Waals surface area contributed by atoms with Crippen LogP contribution in [0.1, 0.15) is 0 Å². The minimum Gasteiger partial charge on any atom is -0.422 e. The van der Waals surface area contributed by atoms with E-state index in [0.717, 1.165) is 0 Å². The van der Waals surface area contributed by atoms with Crippen LogP contribution < -0.4 is 5.59 Å². The Labute approximate surface area is 69.3 Å². The van der Waals surface area contributed by atoms with E-state index in [1.165, 1.54) is 0 Å². The molecule has 0 radical (unpaired) electrons. The quantitative estimate of drug-likeness (QED) is 0.529. The molecule has 0 unspecified atom stereocenters. The van der Waals surface area contributed by atoms with Gasteiger partial charge >= 0.3 is 7.12 Å². The Hall–Kier alpha value is -1.33. The van der Waals surface area contributed by atoms with E-state index in [1.54, 1.807) is 35.0 Å². The molecule has 0 aromatic carbocycles. The molecule has 0 bridgehead atoms. The van der Waals surface area contributed by atoms with Crippen molar-refractivity contribution in [3.8, 4) is 0 Å². The molecule has 5 heteroatoms. The third kappa shape index (κ3) is 0.994. The predicted octanol–water partition coefficient (Wildman–Crippen LogP) is -0.986. The Morgan fingerprint density at radius 3 is 2.92 bits per heavy atom. The molecule has 0 aliphatic rings. The van der Waals surface area contributed by atoms with Crippen molar-refractivity contribution in [2.24, 2.45) is 0 Å². The molecule has 0 saturated heterocycles. The van der Waals surface area contributed by atoms with Crippen LogP contribution in [-0.2, 0) is 0 Å². The van der Waals surface area contributed by atoms with Crippen LogP contribution in [-0.4, -0.2) is 26.6 Å². The summed E-state index contributed by atoms with van der Waals surface area (Å²) < 4.78 is 1.63. The zero-order valence-electron chi connectivity index (χ0n) is 6.25. The molecular formula is C7H7BN2O2. The molecule has 0 aliphatic heterocycles. The number of pyridine rings is 1. The largest absolute Gasteiger partial charge is 0.506 e. The Kier molecular flexibility index (Phi) is 1.60. The van der Waals surface area contributed by atoms with Crippen LogP contribution in [0.3, 0.4) is 0 Å². The van der Waals surface area contributed by atoms with Gasteiger partial charge in [-0.25, -0.2) is 4.98 Å². The summed E-state index contributed by atoms with van der Waals surface area (Å²) in [4.78, 5) is 4.00. The minimum absolute atomic E-state index is 0.421. The van der Waals surface area contributed by atoms with E-state index in [0.29, 0.717) is 11.2 Å². The second-order valence-corrected chi connectivity index (χ2v) is 2.48. The number of imidazole rings is 1. The van der Waals surface area contributed by atoms with Gasteiger partial charge in [-0.1, -0.05) is 6.07 Å². The van der Waals surface area contributed by atoms with Crippen molar-refractivity contribution in [2.75, 3.05) is 0 Å². The molecule has 12 heavy (non-hydrogen) atoms. The monoisotopic (exact) mass is 162 g/mol. The average molecular weight is 162 g/mol. The SMILES string of the molecule is OB(O)c1cccc2nccn12. The molecule has 60 valence electrons. The van der Waals surface area contributed by atoms with Gasteiger partial charge in [0.1, 0.15) is 5.65 Å². The van der Waals surface area contributed by atoms with E-state index in [4.69, 9.17) is 10.0 Å². The summed E-state index contributed by atoms with van der Waals surface area (Å²) in [5.74, 6) is 0. The van der Waals surface area contributed by atoms with Gasteiger partial charge in [-0.05, 0) is 12.1 Å². The van der Waals surface area contributed by atoms with Gasteiger partial charge in [-0.3, -0.25) is 0 Å². The Balaban J connectivity index is 2.73. The lowest BCUT2D eigenvalue weighted by molar-refractivity contribution is 0.423. The first-order chi connectivity index (χ1) is 5.79. The molecule has 2 heterocycles. The summed E-state index contributed by atoms with van der Waals surface area (Å²) in [6.45, 7) is 0. The van der Waals surface area contributed by atoms with Crippen molar-refractivity contribution in [3.63, 3.8) is 0 Å². The van der Waals surface area contributed by atoms with Crippen molar-refractivity contribution in [1.82, 2.24) is 9.38 Å². The van der Waals surface area contributed by atoms with Crippen LogP contribution in [0.2, 0.25) is 0 Å². The zero-order chi connectivity index (χ0) is 8.55. The van der Waals surface area contributed by atoms with Crippen LogP contribution in [0.5, 0.6) is 0 Å². The van der Waals surface area contributed by atoms with Gasteiger partial charge in [0.25, 0.3) is 0 Å². The average Bonchev–Trinajstić information content (AvgIpc) is 2.49. The number of rotatable bonds is 1. The topological polar surface area (TPSA) is 57.8 Å². The molecule has 0 aliphatic carbocycles. The Bertz CT molecular complexity index is 399. The lowest BCUT2D eigenvalue weighted by Gasteiger charge is -2.02. The Morgan fingerprint density at radius 2 is 2.17 bits per heavy atom. The molecular weight excluding hydrogens is 155 g/mol. The molecule has 2 rings (SSSR count). The first-order valence-electron chi connectivity index (χ1n) is 3.57. The van der Waals surface area contributed by atoms with Crippen molar-refractivity contribution in [2.45, 2.75) is 0 Å². The van der Waals surface area contributed by atoms with Crippen LogP contribution in [0, 0.1) is 0 Å². The van der Waals surface area contributed by atoms with Crippen molar-refractivity contribution in [3.05, 3.63) is 30.6 Å². The highest BCUT2D eigenvalue weighted by molar-refractivity contribution is 6.57. The summed E-state index contributed by atoms with van der Waals surface area (Å²) in [5, 5.41) is 17.9. The van der Waals surface area contributed by atoms with Crippen LogP contribution in [0.4, 0.5) is 0 Å². The van der Waals surface area contributed by atoms with Gasteiger partial charge in [-0.2, -0.15) is 0 Å². The maximum Gasteiger partial charge on any atom is 0.506 e. The van der Waals surface area contributed by atoms with Gasteiger partial charge in [-0.15, -0.1) is 0 Å². The number of nitrogens with zero attached hydrogens (tertiary/aromatic N) is 2. The van der Waals surface area contributed by atoms with Crippen molar-refractivity contribution >= 4 is 18.4 Å². The molecule has 0 fully saturated rings. The van der Waals surface area contributed by atoms with E-state index in [-0.39, 0.29) is 0 Å². The zero-order valence-corrected chi connectivity index (χ0v) is 6.25. The van der Waals surface area contributed by atoms with E-state index in [9.17, 15) is 0 Å². The maximum atomic E-state index is 8.95. The molecule has 2 aromatic rings. The highest BCUT2D eigenvalue weighted by Gasteiger charge is 2.13. The first kappa shape index (κ1) is 7.33. The van der Waals surface area contributed by atoms with Gasteiger partial charge in [0, 0.05) is 12.4 Å². The van der Waals surface area contributed by atoms with Crippen LogP contribution in [0.25, 0.3) is 5.65 Å². The molecule has 0 spiro atoms. The fourth-order valence-corrected chi connectivity index (χ4v) is 1.18. The van der Waals surface area contributed by atoms with Gasteiger partial charge in [0.05, 0.1) is 5.59 Å². The maximum absolute atomic E-state index is 8.95. The molecule has 2 aromatic heterocycles. The lowest BCUT2D eigenvalue weighted by atomic mass is 9.85. The predicted molar refractivity (Wildman–Crippen MR) is 45.0 cm³/mol. The summed E-state index contributed by atoms with van der Waals surface area (Å²) in [6, 6.07) is 5.17. The molecule has 0 atom stereocenters. The molecule has 0 amide bonds. The van der Waals surface area contributed by atoms with Crippen molar-refractivity contribution < 1.29 is 10.0 Å². The molecule has 4 nitrogen and oxygen atoms in total. The van der Waals surface area contributed by atoms with Crippen LogP contribution >= 0.6 is 0 Å². The second-order valence-electron chi connectivity index (χ2n) is 2.48. The van der Waals surface area contributed by atoms with Gasteiger partial charge < -0.3 is 14.4 Å². The summed E-state index contributed by atoms with van der Waals surface area (Å²) in [7, 11) is -1.46. The van der Waals surface area contributed by atoms with Gasteiger partial charge in [0.15, 0.2) is 0 Å². The van der Waals surface area contributed by atoms with Crippen molar-refractivity contribution in [1.29, 1.82) is 0 Å². The van der Waals surface area contributed by atoms with E-state index in [1.807, 2.05) is 0 Å². The summed E-state index contributed by atoms with van der Waals surface area (Å²) in [5.41, 5.74) is 1.13. The third-order valence-electron chi connectivity index (χ3n) is 1.72. The number of hydrogen-bond acceptors (Lipinski definition) is 3. The van der Waals surface area contributed by atoms with E-state index < -0.39 is 7.12 Å². The van der Waals surface area contributed by atoms with E-state index >= 15 is 0 Å². The molecule has 2 N–H and O–H groups in total. The highest BCUT2D eigenvalue weighted by Crippen LogP contribution is 1.96. The number of aromatic nitrogens is 2. The minimum atomic E-state index is -1.46. The normalized spacial score (nSPS) is 10.5. The summed E-state index contributed by atoms with van der Waals surface area (Å²) in [6.07, 6.45) is 3.30. The third-order valence-corrected chi connectivity index (χ3v) is 1.72. The Morgan fingerprint density at radius 1 is 1.33 bits per heavy atom. The van der Waals surface area contributed by atoms with E-state index in [2.05, 4.69) is 4.98 Å². The highest BCUT2D eigenvalue weighted by atomic mass is 16.4. The second kappa shape index (κ2) is 2.62. The fourth-order valence-electron chi connectivity index (χ4n) is 1.18. The standard InChI is InChI=1S/C7H7BN2O2/c11-8(12)6-2-1-3-7-9-4-5-10(6)7/h1-5,11-12H. The van der Waals surface area contributed by atoms with Gasteiger partial charge in [0.2, 0.25) is 0 Å². The lowest BCUT2D eigenvalue weighted by Crippen LogP contribution is -2.34. The van der Waals surface area contributed by atoms with Crippen LogP contribution in [0.15, 0.2) is 30.6 Å². The fraction of sp³-hybridized carbons (Fsp3) is 0. The smallest absolute Gasteiger partial charge is 0.422 e. The number of hydrogen-bond donors (Lipinski definition) is 2. The first-order valence-corrected chi connectivity index (χ1v) is 3.57.